The Kier molecular flexibility index (Phi) is 5.51. The summed E-state index contributed by atoms with van der Waals surface area (Å²) in [4.78, 5) is 17.0. The van der Waals surface area contributed by atoms with Gasteiger partial charge >= 0.3 is 0 Å². The van der Waals surface area contributed by atoms with Crippen LogP contribution in [0.5, 0.6) is 0 Å². The van der Waals surface area contributed by atoms with Crippen molar-refractivity contribution in [3.8, 4) is 0 Å². The van der Waals surface area contributed by atoms with E-state index < -0.39 is 0 Å². The molecule has 0 bridgehead atoms. The molecule has 2 aromatic rings. The Bertz CT molecular complexity index is 741. The van der Waals surface area contributed by atoms with E-state index in [1.807, 2.05) is 0 Å². The molecule has 4 heteroatoms. The van der Waals surface area contributed by atoms with Gasteiger partial charge in [-0.3, -0.25) is 9.69 Å². The van der Waals surface area contributed by atoms with Gasteiger partial charge in [0.15, 0.2) is 0 Å². The zero-order chi connectivity index (χ0) is 17.8. The quantitative estimate of drug-likeness (QED) is 0.900. The van der Waals surface area contributed by atoms with Crippen molar-refractivity contribution in [1.82, 2.24) is 15.1 Å². The van der Waals surface area contributed by atoms with Gasteiger partial charge in [0, 0.05) is 39.1 Å². The molecule has 138 valence electrons. The van der Waals surface area contributed by atoms with Crippen LogP contribution in [0.3, 0.4) is 0 Å². The van der Waals surface area contributed by atoms with Gasteiger partial charge in [0.2, 0.25) is 5.91 Å². The first-order chi connectivity index (χ1) is 12.8. The minimum Gasteiger partial charge on any atom is -0.340 e. The third-order valence-electron chi connectivity index (χ3n) is 5.93. The molecule has 26 heavy (non-hydrogen) atoms. The highest BCUT2D eigenvalue weighted by Gasteiger charge is 2.23. The van der Waals surface area contributed by atoms with Crippen LogP contribution in [0.2, 0.25) is 0 Å². The average molecular weight is 351 g/mol. The summed E-state index contributed by atoms with van der Waals surface area (Å²) >= 11 is 0. The molecule has 2 saturated heterocycles. The molecule has 2 heterocycles. The van der Waals surface area contributed by atoms with E-state index in [1.54, 1.807) is 0 Å². The summed E-state index contributed by atoms with van der Waals surface area (Å²) in [6.45, 7) is 6.85. The van der Waals surface area contributed by atoms with E-state index in [9.17, 15) is 4.79 Å². The summed E-state index contributed by atoms with van der Waals surface area (Å²) in [5, 5.41) is 6.04. The number of carbonyl (C=O) groups is 1. The fraction of sp³-hybridized carbons (Fsp3) is 0.500. The van der Waals surface area contributed by atoms with Crippen molar-refractivity contribution in [2.24, 2.45) is 5.92 Å². The maximum absolute atomic E-state index is 12.5. The Morgan fingerprint density at radius 3 is 2.65 bits per heavy atom. The standard InChI is InChI=1S/C22H29N3O/c26-22(9-8-18-10-11-23-16-18)25-14-12-24(13-15-25)17-20-6-3-5-19-4-1-2-7-21(19)20/h1-7,18,23H,8-17H2. The molecule has 1 N–H and O–H groups in total. The number of hydrogen-bond acceptors (Lipinski definition) is 3. The molecule has 0 radical (unpaired) electrons. The highest BCUT2D eigenvalue weighted by molar-refractivity contribution is 5.85. The van der Waals surface area contributed by atoms with Crippen molar-refractivity contribution < 1.29 is 4.79 Å². The van der Waals surface area contributed by atoms with E-state index >= 15 is 0 Å². The lowest BCUT2D eigenvalue weighted by atomic mass is 10.0. The number of rotatable bonds is 5. The Hall–Kier alpha value is -1.91. The lowest BCUT2D eigenvalue weighted by molar-refractivity contribution is -0.133. The first-order valence-corrected chi connectivity index (χ1v) is 9.97. The molecular formula is C22H29N3O. The zero-order valence-corrected chi connectivity index (χ0v) is 15.5. The normalized spacial score (nSPS) is 21.4. The molecule has 4 rings (SSSR count). The summed E-state index contributed by atoms with van der Waals surface area (Å²) in [6.07, 6.45) is 2.99. The number of carbonyl (C=O) groups excluding carboxylic acids is 1. The van der Waals surface area contributed by atoms with Gasteiger partial charge in [0.05, 0.1) is 0 Å². The number of fused-ring (bicyclic) bond motifs is 1. The summed E-state index contributed by atoms with van der Waals surface area (Å²) in [6, 6.07) is 15.2. The fourth-order valence-corrected chi connectivity index (χ4v) is 4.27. The second kappa shape index (κ2) is 8.19. The van der Waals surface area contributed by atoms with Gasteiger partial charge in [0.25, 0.3) is 0 Å². The molecule has 0 saturated carbocycles. The largest absolute Gasteiger partial charge is 0.340 e. The van der Waals surface area contributed by atoms with Crippen LogP contribution >= 0.6 is 0 Å². The molecule has 0 aromatic heterocycles. The van der Waals surface area contributed by atoms with Crippen LogP contribution in [0.1, 0.15) is 24.8 Å². The summed E-state index contributed by atoms with van der Waals surface area (Å²) in [7, 11) is 0. The smallest absolute Gasteiger partial charge is 0.222 e. The number of piperazine rings is 1. The van der Waals surface area contributed by atoms with Crippen LogP contribution in [0, 0.1) is 5.92 Å². The van der Waals surface area contributed by atoms with Gasteiger partial charge in [0.1, 0.15) is 0 Å². The topological polar surface area (TPSA) is 35.6 Å². The van der Waals surface area contributed by atoms with Crippen LogP contribution in [-0.2, 0) is 11.3 Å². The first kappa shape index (κ1) is 17.5. The Labute approximate surface area is 156 Å². The third kappa shape index (κ3) is 4.08. The maximum Gasteiger partial charge on any atom is 0.222 e. The molecule has 0 spiro atoms. The van der Waals surface area contributed by atoms with Crippen LogP contribution in [0.4, 0.5) is 0 Å². The van der Waals surface area contributed by atoms with Gasteiger partial charge in [-0.15, -0.1) is 0 Å². The maximum atomic E-state index is 12.5. The van der Waals surface area contributed by atoms with Gasteiger partial charge in [-0.05, 0) is 48.2 Å². The van der Waals surface area contributed by atoms with Crippen molar-refractivity contribution >= 4 is 16.7 Å². The molecule has 2 aromatic carbocycles. The Morgan fingerprint density at radius 2 is 1.85 bits per heavy atom. The fourth-order valence-electron chi connectivity index (χ4n) is 4.27. The van der Waals surface area contributed by atoms with Crippen LogP contribution in [0.25, 0.3) is 10.8 Å². The van der Waals surface area contributed by atoms with Crippen LogP contribution in [0.15, 0.2) is 42.5 Å². The summed E-state index contributed by atoms with van der Waals surface area (Å²) in [5.41, 5.74) is 1.39. The molecule has 0 aliphatic carbocycles. The first-order valence-electron chi connectivity index (χ1n) is 9.97. The molecule has 1 unspecified atom stereocenters. The van der Waals surface area contributed by atoms with Gasteiger partial charge in [-0.2, -0.15) is 0 Å². The van der Waals surface area contributed by atoms with E-state index in [1.165, 1.54) is 22.8 Å². The van der Waals surface area contributed by atoms with Crippen molar-refractivity contribution in [3.05, 3.63) is 48.0 Å². The van der Waals surface area contributed by atoms with Crippen LogP contribution in [-0.4, -0.2) is 55.0 Å². The van der Waals surface area contributed by atoms with Gasteiger partial charge in [-0.1, -0.05) is 42.5 Å². The number of nitrogens with one attached hydrogen (secondary N) is 1. The second-order valence-electron chi connectivity index (χ2n) is 7.69. The molecule has 1 atom stereocenters. The van der Waals surface area contributed by atoms with Crippen molar-refractivity contribution in [2.45, 2.75) is 25.8 Å². The Morgan fingerprint density at radius 1 is 1.04 bits per heavy atom. The van der Waals surface area contributed by atoms with Crippen molar-refractivity contribution in [2.75, 3.05) is 39.3 Å². The van der Waals surface area contributed by atoms with Gasteiger partial charge in [-0.25, -0.2) is 0 Å². The Balaban J connectivity index is 1.28. The van der Waals surface area contributed by atoms with E-state index in [4.69, 9.17) is 0 Å². The summed E-state index contributed by atoms with van der Waals surface area (Å²) < 4.78 is 0. The average Bonchev–Trinajstić information content (AvgIpc) is 3.21. The van der Waals surface area contributed by atoms with E-state index in [2.05, 4.69) is 57.6 Å². The van der Waals surface area contributed by atoms with Gasteiger partial charge < -0.3 is 10.2 Å². The SMILES string of the molecule is O=C(CCC1CCNC1)N1CCN(Cc2cccc3ccccc23)CC1. The second-order valence-corrected chi connectivity index (χ2v) is 7.69. The summed E-state index contributed by atoms with van der Waals surface area (Å²) in [5.74, 6) is 1.05. The number of benzene rings is 2. The molecule has 2 aliphatic rings. The minimum absolute atomic E-state index is 0.349. The highest BCUT2D eigenvalue weighted by Crippen LogP contribution is 2.21. The molecule has 4 nitrogen and oxygen atoms in total. The number of amides is 1. The van der Waals surface area contributed by atoms with Crippen molar-refractivity contribution in [3.63, 3.8) is 0 Å². The molecule has 2 fully saturated rings. The van der Waals surface area contributed by atoms with E-state index in [-0.39, 0.29) is 0 Å². The lowest BCUT2D eigenvalue weighted by Crippen LogP contribution is -2.48. The minimum atomic E-state index is 0.349. The highest BCUT2D eigenvalue weighted by atomic mass is 16.2. The predicted molar refractivity (Wildman–Crippen MR) is 106 cm³/mol. The lowest BCUT2D eigenvalue weighted by Gasteiger charge is -2.35. The van der Waals surface area contributed by atoms with E-state index in [0.717, 1.165) is 58.7 Å². The number of hydrogen-bond donors (Lipinski definition) is 1. The van der Waals surface area contributed by atoms with Crippen molar-refractivity contribution in [1.29, 1.82) is 0 Å². The molecule has 2 aliphatic heterocycles. The number of nitrogens with zero attached hydrogens (tertiary/aromatic N) is 2. The molecule has 1 amide bonds. The van der Waals surface area contributed by atoms with Crippen LogP contribution < -0.4 is 5.32 Å². The third-order valence-corrected chi connectivity index (χ3v) is 5.93. The monoisotopic (exact) mass is 351 g/mol. The zero-order valence-electron chi connectivity index (χ0n) is 15.5. The predicted octanol–water partition coefficient (Wildman–Crippen LogP) is 2.87. The van der Waals surface area contributed by atoms with E-state index in [0.29, 0.717) is 11.8 Å². The molecular weight excluding hydrogens is 322 g/mol.